The molecular formula is C33H39Cl2N3O6S. The van der Waals surface area contributed by atoms with Crippen molar-refractivity contribution in [1.29, 1.82) is 0 Å². The summed E-state index contributed by atoms with van der Waals surface area (Å²) >= 11 is 12.4. The number of carbonyl (C=O) groups excluding carboxylic acids is 2. The molecule has 1 N–H and O–H groups in total. The van der Waals surface area contributed by atoms with Gasteiger partial charge < -0.3 is 19.7 Å². The zero-order chi connectivity index (χ0) is 32.7. The third kappa shape index (κ3) is 8.23. The van der Waals surface area contributed by atoms with E-state index in [0.29, 0.717) is 33.5 Å². The lowest BCUT2D eigenvalue weighted by molar-refractivity contribution is -0.140. The van der Waals surface area contributed by atoms with Crippen LogP contribution < -0.4 is 19.1 Å². The molecule has 0 spiro atoms. The molecule has 3 aromatic rings. The maximum Gasteiger partial charge on any atom is 0.264 e. The molecule has 0 unspecified atom stereocenters. The van der Waals surface area contributed by atoms with E-state index < -0.39 is 28.5 Å². The lowest BCUT2D eigenvalue weighted by Gasteiger charge is -2.34. The summed E-state index contributed by atoms with van der Waals surface area (Å²) in [6, 6.07) is 15.2. The van der Waals surface area contributed by atoms with Gasteiger partial charge in [-0.05, 0) is 68.1 Å². The number of rotatable bonds is 13. The van der Waals surface area contributed by atoms with Crippen LogP contribution in [0.1, 0.15) is 50.2 Å². The Morgan fingerprint density at radius 3 is 2.20 bits per heavy atom. The minimum Gasteiger partial charge on any atom is -0.493 e. The summed E-state index contributed by atoms with van der Waals surface area (Å²) in [6.07, 6.45) is 4.14. The van der Waals surface area contributed by atoms with E-state index in [4.69, 9.17) is 32.7 Å². The molecule has 4 rings (SSSR count). The Balaban J connectivity index is 1.77. The largest absolute Gasteiger partial charge is 0.493 e. The Hall–Kier alpha value is -3.47. The van der Waals surface area contributed by atoms with Crippen LogP contribution in [0.25, 0.3) is 0 Å². The van der Waals surface area contributed by atoms with Gasteiger partial charge in [0, 0.05) is 18.7 Å². The molecule has 0 saturated heterocycles. The average Bonchev–Trinajstić information content (AvgIpc) is 3.54. The van der Waals surface area contributed by atoms with Crippen molar-refractivity contribution in [2.75, 3.05) is 25.1 Å². The van der Waals surface area contributed by atoms with Crippen LogP contribution in [-0.2, 0) is 26.2 Å². The molecule has 0 bridgehead atoms. The van der Waals surface area contributed by atoms with Crippen LogP contribution >= 0.6 is 23.2 Å². The highest BCUT2D eigenvalue weighted by Crippen LogP contribution is 2.34. The molecule has 1 fully saturated rings. The fourth-order valence-electron chi connectivity index (χ4n) is 5.47. The van der Waals surface area contributed by atoms with Crippen LogP contribution in [0, 0.1) is 6.92 Å². The number of anilines is 1. The minimum absolute atomic E-state index is 0.0106. The molecule has 1 atom stereocenters. The van der Waals surface area contributed by atoms with Crippen LogP contribution in [-0.4, -0.2) is 58.0 Å². The van der Waals surface area contributed by atoms with Gasteiger partial charge >= 0.3 is 0 Å². The molecule has 0 heterocycles. The predicted octanol–water partition coefficient (Wildman–Crippen LogP) is 6.38. The summed E-state index contributed by atoms with van der Waals surface area (Å²) in [5.74, 6) is -0.158. The van der Waals surface area contributed by atoms with Gasteiger partial charge in [-0.15, -0.1) is 0 Å². The fraction of sp³-hybridized carbons (Fsp3) is 0.394. The number of methoxy groups -OCH3 is 2. The van der Waals surface area contributed by atoms with Crippen molar-refractivity contribution >= 4 is 50.7 Å². The van der Waals surface area contributed by atoms with E-state index in [1.54, 1.807) is 42.5 Å². The van der Waals surface area contributed by atoms with E-state index in [9.17, 15) is 18.0 Å². The van der Waals surface area contributed by atoms with Gasteiger partial charge in [-0.25, -0.2) is 8.42 Å². The van der Waals surface area contributed by atoms with Gasteiger partial charge in [0.2, 0.25) is 11.8 Å². The predicted molar refractivity (Wildman–Crippen MR) is 177 cm³/mol. The number of nitrogens with one attached hydrogen (secondary N) is 1. The Kier molecular flexibility index (Phi) is 11.6. The Morgan fingerprint density at radius 2 is 1.60 bits per heavy atom. The molecule has 3 aromatic carbocycles. The first-order valence-electron chi connectivity index (χ1n) is 14.8. The molecular weight excluding hydrogens is 637 g/mol. The third-order valence-electron chi connectivity index (χ3n) is 7.97. The summed E-state index contributed by atoms with van der Waals surface area (Å²) in [4.78, 5) is 29.4. The number of hydrogen-bond acceptors (Lipinski definition) is 6. The summed E-state index contributed by atoms with van der Waals surface area (Å²) in [7, 11) is -1.33. The second kappa shape index (κ2) is 15.2. The Morgan fingerprint density at radius 1 is 0.933 bits per heavy atom. The van der Waals surface area contributed by atoms with Crippen molar-refractivity contribution in [2.24, 2.45) is 0 Å². The number of sulfonamides is 1. The molecule has 0 radical (unpaired) electrons. The van der Waals surface area contributed by atoms with Crippen LogP contribution in [0.2, 0.25) is 10.0 Å². The fourth-order valence-corrected chi connectivity index (χ4v) is 7.19. The highest BCUT2D eigenvalue weighted by molar-refractivity contribution is 7.92. The summed E-state index contributed by atoms with van der Waals surface area (Å²) in [6.45, 7) is 3.11. The highest BCUT2D eigenvalue weighted by atomic mass is 35.5. The topological polar surface area (TPSA) is 105 Å². The van der Waals surface area contributed by atoms with E-state index in [1.807, 2.05) is 13.8 Å². The third-order valence-corrected chi connectivity index (χ3v) is 10.5. The second-order valence-corrected chi connectivity index (χ2v) is 13.7. The van der Waals surface area contributed by atoms with Crippen LogP contribution in [0.4, 0.5) is 5.69 Å². The van der Waals surface area contributed by atoms with E-state index >= 15 is 0 Å². The summed E-state index contributed by atoms with van der Waals surface area (Å²) < 4.78 is 40.2. The SMILES string of the molecule is CC[C@@H](C(=O)NC1CCCC1)N(Cc1ccc(Cl)c(Cl)c1)C(=O)CN(c1ccc(OC)c(OC)c1)S(=O)(=O)c1ccc(C)cc1. The van der Waals surface area contributed by atoms with Gasteiger partial charge in [0.25, 0.3) is 10.0 Å². The number of hydrogen-bond donors (Lipinski definition) is 1. The van der Waals surface area contributed by atoms with Gasteiger partial charge in [-0.3, -0.25) is 13.9 Å². The van der Waals surface area contributed by atoms with Gasteiger partial charge in [0.15, 0.2) is 11.5 Å². The molecule has 9 nitrogen and oxygen atoms in total. The first-order valence-corrected chi connectivity index (χ1v) is 17.0. The standard InChI is InChI=1S/C33H39Cl2N3O6S/c1-5-29(33(40)36-24-8-6-7-9-24)37(20-23-12-16-27(34)28(35)18-23)32(39)21-38(25-13-17-30(43-3)31(19-25)44-4)45(41,42)26-14-10-22(2)11-15-26/h10-19,24,29H,5-9,20-21H2,1-4H3,(H,36,40)/t29-/m0/s1. The zero-order valence-corrected chi connectivity index (χ0v) is 28.2. The number of amides is 2. The van der Waals surface area contributed by atoms with E-state index in [1.165, 1.54) is 37.3 Å². The van der Waals surface area contributed by atoms with Gasteiger partial charge in [-0.2, -0.15) is 0 Å². The molecule has 0 aliphatic heterocycles. The van der Waals surface area contributed by atoms with Crippen LogP contribution in [0.5, 0.6) is 11.5 Å². The van der Waals surface area contributed by atoms with E-state index in [2.05, 4.69) is 5.32 Å². The summed E-state index contributed by atoms with van der Waals surface area (Å²) in [5, 5.41) is 3.76. The molecule has 0 aromatic heterocycles. The molecule has 2 amide bonds. The number of halogens is 2. The van der Waals surface area contributed by atoms with Crippen molar-refractivity contribution in [2.45, 2.75) is 69.5 Å². The monoisotopic (exact) mass is 675 g/mol. The van der Waals surface area contributed by atoms with Crippen LogP contribution in [0.3, 0.4) is 0 Å². The van der Waals surface area contributed by atoms with Crippen molar-refractivity contribution in [3.8, 4) is 11.5 Å². The van der Waals surface area contributed by atoms with E-state index in [0.717, 1.165) is 35.6 Å². The normalized spacial score (nSPS) is 14.1. The molecule has 1 aliphatic rings. The Bertz CT molecular complexity index is 1610. The Labute approximate surface area is 275 Å². The van der Waals surface area contributed by atoms with Crippen molar-refractivity contribution in [1.82, 2.24) is 10.2 Å². The second-order valence-electron chi connectivity index (χ2n) is 11.0. The number of nitrogens with zero attached hydrogens (tertiary/aromatic N) is 2. The highest BCUT2D eigenvalue weighted by Gasteiger charge is 2.35. The van der Waals surface area contributed by atoms with Crippen molar-refractivity contribution in [3.05, 3.63) is 81.8 Å². The quantitative estimate of drug-likeness (QED) is 0.225. The number of carbonyl (C=O) groups is 2. The molecule has 1 saturated carbocycles. The molecule has 12 heteroatoms. The molecule has 1 aliphatic carbocycles. The van der Waals surface area contributed by atoms with Gasteiger partial charge in [0.05, 0.1) is 34.8 Å². The number of benzene rings is 3. The molecule has 242 valence electrons. The zero-order valence-electron chi connectivity index (χ0n) is 25.9. The van der Waals surface area contributed by atoms with Gasteiger partial charge in [-0.1, -0.05) is 66.7 Å². The van der Waals surface area contributed by atoms with Gasteiger partial charge in [0.1, 0.15) is 12.6 Å². The minimum atomic E-state index is -4.25. The van der Waals surface area contributed by atoms with Crippen molar-refractivity contribution in [3.63, 3.8) is 0 Å². The lowest BCUT2D eigenvalue weighted by Crippen LogP contribution is -2.53. The number of ether oxygens (including phenoxy) is 2. The van der Waals surface area contributed by atoms with Crippen LogP contribution in [0.15, 0.2) is 65.6 Å². The summed E-state index contributed by atoms with van der Waals surface area (Å²) in [5.41, 5.74) is 1.72. The average molecular weight is 677 g/mol. The van der Waals surface area contributed by atoms with E-state index in [-0.39, 0.29) is 29.1 Å². The maximum absolute atomic E-state index is 14.4. The molecule has 45 heavy (non-hydrogen) atoms. The maximum atomic E-state index is 14.4. The number of aryl methyl sites for hydroxylation is 1. The first kappa shape index (κ1) is 34.4. The lowest BCUT2D eigenvalue weighted by atomic mass is 10.1. The smallest absolute Gasteiger partial charge is 0.264 e. The first-order chi connectivity index (χ1) is 21.5. The van der Waals surface area contributed by atoms with Crippen molar-refractivity contribution < 1.29 is 27.5 Å².